The molecule has 0 aromatic rings. The lowest BCUT2D eigenvalue weighted by atomic mass is 9.96. The molecule has 3 fully saturated rings. The van der Waals surface area contributed by atoms with E-state index in [0.29, 0.717) is 0 Å². The third kappa shape index (κ3) is 5.32. The molecule has 0 spiro atoms. The summed E-state index contributed by atoms with van der Waals surface area (Å²) < 4.78 is 26.4. The van der Waals surface area contributed by atoms with Gasteiger partial charge in [-0.05, 0) is 6.92 Å². The summed E-state index contributed by atoms with van der Waals surface area (Å²) in [6, 6.07) is 0. The number of rotatable bonds is 6. The molecule has 15 heteroatoms. The van der Waals surface area contributed by atoms with E-state index in [1.54, 1.807) is 0 Å². The fraction of sp³-hybridized carbons (Fsp3) is 1.00. The zero-order chi connectivity index (χ0) is 24.6. The molecule has 3 saturated heterocycles. The van der Waals surface area contributed by atoms with Crippen LogP contribution in [0.4, 0.5) is 0 Å². The van der Waals surface area contributed by atoms with Crippen LogP contribution in [-0.4, -0.2) is 156 Å². The van der Waals surface area contributed by atoms with Crippen LogP contribution in [-0.2, 0) is 23.7 Å². The van der Waals surface area contributed by atoms with Crippen molar-refractivity contribution in [2.24, 2.45) is 0 Å². The monoisotopic (exact) mass is 488 g/mol. The summed E-state index contributed by atoms with van der Waals surface area (Å²) >= 11 is 0. The Balaban J connectivity index is 1.75. The molecule has 0 saturated carbocycles. The van der Waals surface area contributed by atoms with Crippen molar-refractivity contribution in [3.63, 3.8) is 0 Å². The van der Waals surface area contributed by atoms with Crippen molar-refractivity contribution in [2.45, 2.75) is 99.0 Å². The van der Waals surface area contributed by atoms with Crippen LogP contribution in [0, 0.1) is 0 Å². The highest BCUT2D eigenvalue weighted by Crippen LogP contribution is 2.32. The van der Waals surface area contributed by atoms with E-state index in [0.717, 1.165) is 0 Å². The van der Waals surface area contributed by atoms with Gasteiger partial charge in [0.05, 0.1) is 19.3 Å². The van der Waals surface area contributed by atoms with Gasteiger partial charge in [-0.15, -0.1) is 0 Å². The van der Waals surface area contributed by atoms with Gasteiger partial charge in [-0.1, -0.05) is 0 Å². The number of aliphatic hydroxyl groups excluding tert-OH is 10. The van der Waals surface area contributed by atoms with Crippen LogP contribution in [0.25, 0.3) is 0 Å². The van der Waals surface area contributed by atoms with Gasteiger partial charge in [0, 0.05) is 0 Å². The summed E-state index contributed by atoms with van der Waals surface area (Å²) in [5.41, 5.74) is 0. The molecule has 0 aliphatic carbocycles. The molecule has 0 bridgehead atoms. The van der Waals surface area contributed by atoms with Crippen molar-refractivity contribution in [3.8, 4) is 0 Å². The molecule has 3 aliphatic heterocycles. The first-order valence-corrected chi connectivity index (χ1v) is 10.4. The second-order valence-electron chi connectivity index (χ2n) is 8.32. The van der Waals surface area contributed by atoms with E-state index in [9.17, 15) is 46.0 Å². The molecular formula is C18H32O15. The smallest absolute Gasteiger partial charge is 0.187 e. The Morgan fingerprint density at radius 1 is 0.545 bits per heavy atom. The second-order valence-corrected chi connectivity index (χ2v) is 8.32. The molecule has 0 amide bonds. The molecule has 10 N–H and O–H groups in total. The Morgan fingerprint density at radius 3 is 1.70 bits per heavy atom. The van der Waals surface area contributed by atoms with Gasteiger partial charge in [0.2, 0.25) is 0 Å². The molecule has 1 unspecified atom stereocenters. The maximum absolute atomic E-state index is 10.7. The maximum Gasteiger partial charge on any atom is 0.187 e. The lowest BCUT2D eigenvalue weighted by Gasteiger charge is -2.47. The molecule has 15 atom stereocenters. The Labute approximate surface area is 187 Å². The van der Waals surface area contributed by atoms with Crippen molar-refractivity contribution in [2.75, 3.05) is 13.2 Å². The van der Waals surface area contributed by atoms with Crippen LogP contribution in [0.15, 0.2) is 0 Å². The van der Waals surface area contributed by atoms with Gasteiger partial charge in [-0.3, -0.25) is 0 Å². The maximum atomic E-state index is 10.7. The lowest BCUT2D eigenvalue weighted by molar-refractivity contribution is -0.381. The molecule has 0 aromatic carbocycles. The fourth-order valence-electron chi connectivity index (χ4n) is 3.98. The van der Waals surface area contributed by atoms with Crippen LogP contribution < -0.4 is 0 Å². The molecule has 194 valence electrons. The Kier molecular flexibility index (Phi) is 8.99. The van der Waals surface area contributed by atoms with E-state index in [2.05, 4.69) is 0 Å². The van der Waals surface area contributed by atoms with Gasteiger partial charge >= 0.3 is 0 Å². The quantitative estimate of drug-likeness (QED) is 0.167. The van der Waals surface area contributed by atoms with Crippen LogP contribution in [0.5, 0.6) is 0 Å². The molecule has 0 aromatic heterocycles. The third-order valence-corrected chi connectivity index (χ3v) is 6.06. The highest BCUT2D eigenvalue weighted by molar-refractivity contribution is 4.95. The zero-order valence-electron chi connectivity index (χ0n) is 17.6. The van der Waals surface area contributed by atoms with E-state index < -0.39 is 105 Å². The predicted molar refractivity (Wildman–Crippen MR) is 99.8 cm³/mol. The zero-order valence-corrected chi connectivity index (χ0v) is 17.6. The Morgan fingerprint density at radius 2 is 1.09 bits per heavy atom. The molecule has 33 heavy (non-hydrogen) atoms. The van der Waals surface area contributed by atoms with Crippen molar-refractivity contribution in [3.05, 3.63) is 0 Å². The number of ether oxygens (including phenoxy) is 5. The van der Waals surface area contributed by atoms with E-state index in [1.807, 2.05) is 0 Å². The van der Waals surface area contributed by atoms with Crippen LogP contribution in [0.3, 0.4) is 0 Å². The van der Waals surface area contributed by atoms with E-state index >= 15 is 0 Å². The van der Waals surface area contributed by atoms with Crippen molar-refractivity contribution in [1.82, 2.24) is 0 Å². The molecule has 15 nitrogen and oxygen atoms in total. The van der Waals surface area contributed by atoms with Crippen LogP contribution in [0.2, 0.25) is 0 Å². The minimum Gasteiger partial charge on any atom is -0.394 e. The molecular weight excluding hydrogens is 456 g/mol. The minimum absolute atomic E-state index is 0.706. The van der Waals surface area contributed by atoms with Crippen molar-refractivity contribution >= 4 is 0 Å². The van der Waals surface area contributed by atoms with E-state index in [-0.39, 0.29) is 0 Å². The highest BCUT2D eigenvalue weighted by atomic mass is 16.8. The highest BCUT2D eigenvalue weighted by Gasteiger charge is 2.53. The number of aliphatic hydroxyl groups is 10. The fourth-order valence-corrected chi connectivity index (χ4v) is 3.98. The standard InChI is InChI=1S/C18H32O15/c1-4-7(21)10(24)12(26)17(29-4)32-14-9(23)6(3-20)31-18(13(14)27)33-15-11(25)8(22)5(2-19)30-16(15)28/h4-28H,2-3H2,1H3/t4-,5-,6-,7-,8-,9-,10+,11+,12+,13+,14+,15+,16?,17-,18-/m1/s1. The molecule has 0 radical (unpaired) electrons. The van der Waals surface area contributed by atoms with Gasteiger partial charge in [0.15, 0.2) is 18.9 Å². The average molecular weight is 488 g/mol. The predicted octanol–water partition coefficient (Wildman–Crippen LogP) is -6.55. The lowest BCUT2D eigenvalue weighted by Crippen LogP contribution is -2.66. The van der Waals surface area contributed by atoms with E-state index in [4.69, 9.17) is 28.8 Å². The van der Waals surface area contributed by atoms with Crippen LogP contribution >= 0.6 is 0 Å². The Hall–Kier alpha value is -0.600. The summed E-state index contributed by atoms with van der Waals surface area (Å²) in [4.78, 5) is 0. The third-order valence-electron chi connectivity index (χ3n) is 6.06. The van der Waals surface area contributed by atoms with Crippen LogP contribution in [0.1, 0.15) is 6.92 Å². The molecule has 3 rings (SSSR count). The van der Waals surface area contributed by atoms with Crippen molar-refractivity contribution in [1.29, 1.82) is 0 Å². The van der Waals surface area contributed by atoms with Gasteiger partial charge in [-0.2, -0.15) is 0 Å². The summed E-state index contributed by atoms with van der Waals surface area (Å²) in [7, 11) is 0. The molecule has 3 aliphatic rings. The van der Waals surface area contributed by atoms with Gasteiger partial charge in [-0.25, -0.2) is 0 Å². The largest absolute Gasteiger partial charge is 0.394 e. The summed E-state index contributed by atoms with van der Waals surface area (Å²) in [6.45, 7) is -0.0882. The van der Waals surface area contributed by atoms with E-state index in [1.165, 1.54) is 6.92 Å². The average Bonchev–Trinajstić information content (AvgIpc) is 2.79. The van der Waals surface area contributed by atoms with Crippen molar-refractivity contribution < 1.29 is 74.7 Å². The first-order chi connectivity index (χ1) is 15.5. The second kappa shape index (κ2) is 11.0. The summed E-state index contributed by atoms with van der Waals surface area (Å²) in [6.07, 6.45) is -24.0. The molecule has 3 heterocycles. The Bertz CT molecular complexity index is 626. The normalized spacial score (nSPS) is 53.7. The van der Waals surface area contributed by atoms with Gasteiger partial charge in [0.1, 0.15) is 67.1 Å². The van der Waals surface area contributed by atoms with Gasteiger partial charge in [0.25, 0.3) is 0 Å². The summed E-state index contributed by atoms with van der Waals surface area (Å²) in [5, 5.41) is 100. The topological polar surface area (TPSA) is 248 Å². The minimum atomic E-state index is -1.86. The first kappa shape index (κ1) is 27.0. The first-order valence-electron chi connectivity index (χ1n) is 10.4. The van der Waals surface area contributed by atoms with Gasteiger partial charge < -0.3 is 74.7 Å². The number of hydrogen-bond acceptors (Lipinski definition) is 15. The summed E-state index contributed by atoms with van der Waals surface area (Å²) in [5.74, 6) is 0. The SMILES string of the molecule is C[C@H]1O[C@H](O[C@@H]2[C@H](O)[C@@H](O[C@@H]3C(O)O[C@H](CO)[C@@H](O)[C@@H]3O)O[C@H](CO)[C@H]2O)[C@@H](O)[C@@H](O)[C@@H]1O. The number of hydrogen-bond donors (Lipinski definition) is 10.